The van der Waals surface area contributed by atoms with E-state index in [1.54, 1.807) is 0 Å². The van der Waals surface area contributed by atoms with E-state index >= 15 is 0 Å². The van der Waals surface area contributed by atoms with Gasteiger partial charge in [0.15, 0.2) is 0 Å². The summed E-state index contributed by atoms with van der Waals surface area (Å²) >= 11 is 0. The second kappa shape index (κ2) is 15.8. The Morgan fingerprint density at radius 1 is 0.441 bits per heavy atom. The van der Waals surface area contributed by atoms with Gasteiger partial charge in [0, 0.05) is 33.9 Å². The lowest BCUT2D eigenvalue weighted by atomic mass is 9.78. The van der Waals surface area contributed by atoms with Crippen molar-refractivity contribution in [3.8, 4) is 61.8 Å². The molecule has 0 atom stereocenters. The Balaban J connectivity index is 1.37. The fraction of sp³-hybridized carbons (Fsp3) is 0.286. The number of aromatic hydroxyl groups is 1. The molecule has 5 aromatic carbocycles. The molecule has 7 aromatic rings. The van der Waals surface area contributed by atoms with Gasteiger partial charge < -0.3 is 5.11 Å². The van der Waals surface area contributed by atoms with Crippen molar-refractivity contribution in [2.45, 2.75) is 98.8 Å². The van der Waals surface area contributed by atoms with E-state index in [1.807, 2.05) is 6.20 Å². The van der Waals surface area contributed by atoms with Crippen LogP contribution in [-0.2, 0) is 22.7 Å². The van der Waals surface area contributed by atoms with Crippen LogP contribution in [0.4, 0.5) is 0 Å². The Morgan fingerprint density at radius 3 is 1.61 bits per heavy atom. The fourth-order valence-electron chi connectivity index (χ4n) is 8.01. The molecule has 0 aliphatic heterocycles. The summed E-state index contributed by atoms with van der Waals surface area (Å²) in [5.74, 6) is 0.299. The standard InChI is InChI=1S/C56H60N2O/c1-53(2,3)36-37-28-50(58-51(29-37)47-34-46(54(4,5)6)35-48(52(47)59)55(7,8)9)43-31-41(38-18-14-12-15-19-38)30-42(32-43)49-33-40(26-27-57-49)39-22-24-45(25-23-39)56(10,11)44-20-16-13-17-21-44/h12-35,59H,36H2,1-11H3. The highest BCUT2D eigenvalue weighted by atomic mass is 16.3. The van der Waals surface area contributed by atoms with Crippen molar-refractivity contribution in [3.63, 3.8) is 0 Å². The number of phenols is 1. The molecule has 3 heteroatoms. The molecule has 0 radical (unpaired) electrons. The van der Waals surface area contributed by atoms with E-state index in [2.05, 4.69) is 216 Å². The van der Waals surface area contributed by atoms with Crippen molar-refractivity contribution in [1.82, 2.24) is 9.97 Å². The van der Waals surface area contributed by atoms with Gasteiger partial charge >= 0.3 is 0 Å². The van der Waals surface area contributed by atoms with Crippen molar-refractivity contribution in [1.29, 1.82) is 0 Å². The van der Waals surface area contributed by atoms with E-state index in [9.17, 15) is 5.11 Å². The number of rotatable bonds is 8. The Labute approximate surface area is 353 Å². The molecule has 1 N–H and O–H groups in total. The molecule has 0 saturated heterocycles. The summed E-state index contributed by atoms with van der Waals surface area (Å²) in [5, 5.41) is 12.0. The smallest absolute Gasteiger partial charge is 0.128 e. The van der Waals surface area contributed by atoms with Crippen LogP contribution in [-0.4, -0.2) is 15.1 Å². The maximum absolute atomic E-state index is 12.0. The van der Waals surface area contributed by atoms with E-state index in [0.717, 1.165) is 68.0 Å². The zero-order valence-corrected chi connectivity index (χ0v) is 36.9. The predicted octanol–water partition coefficient (Wildman–Crippen LogP) is 15.0. The number of pyridine rings is 2. The molecule has 2 aromatic heterocycles. The third kappa shape index (κ3) is 9.26. The number of phenolic OH excluding ortho intramolecular Hbond substituents is 1. The molecule has 3 nitrogen and oxygen atoms in total. The molecule has 2 heterocycles. The maximum atomic E-state index is 12.0. The minimum absolute atomic E-state index is 0.0404. The molecule has 0 aliphatic rings. The first kappa shape index (κ1) is 41.4. The lowest BCUT2D eigenvalue weighted by Gasteiger charge is -2.28. The van der Waals surface area contributed by atoms with Crippen molar-refractivity contribution < 1.29 is 5.11 Å². The molecular weight excluding hydrogens is 717 g/mol. The average Bonchev–Trinajstić information content (AvgIpc) is 3.20. The van der Waals surface area contributed by atoms with Crippen LogP contribution in [0.1, 0.15) is 104 Å². The van der Waals surface area contributed by atoms with Gasteiger partial charge in [-0.15, -0.1) is 0 Å². The van der Waals surface area contributed by atoms with E-state index < -0.39 is 0 Å². The number of hydrogen-bond acceptors (Lipinski definition) is 3. The van der Waals surface area contributed by atoms with Crippen molar-refractivity contribution in [2.75, 3.05) is 0 Å². The van der Waals surface area contributed by atoms with Gasteiger partial charge in [0.25, 0.3) is 0 Å². The van der Waals surface area contributed by atoms with Crippen LogP contribution in [0.15, 0.2) is 146 Å². The van der Waals surface area contributed by atoms with Crippen molar-refractivity contribution >= 4 is 0 Å². The van der Waals surface area contributed by atoms with Crippen LogP contribution in [0.5, 0.6) is 5.75 Å². The second-order valence-corrected chi connectivity index (χ2v) is 20.1. The van der Waals surface area contributed by atoms with E-state index in [1.165, 1.54) is 22.3 Å². The van der Waals surface area contributed by atoms with Crippen LogP contribution in [0.3, 0.4) is 0 Å². The van der Waals surface area contributed by atoms with Gasteiger partial charge in [0.1, 0.15) is 5.75 Å². The van der Waals surface area contributed by atoms with Gasteiger partial charge in [-0.25, -0.2) is 4.98 Å². The normalized spacial score (nSPS) is 12.5. The predicted molar refractivity (Wildman–Crippen MR) is 250 cm³/mol. The molecule has 300 valence electrons. The minimum Gasteiger partial charge on any atom is -0.507 e. The summed E-state index contributed by atoms with van der Waals surface area (Å²) in [4.78, 5) is 10.4. The summed E-state index contributed by atoms with van der Waals surface area (Å²) in [7, 11) is 0. The summed E-state index contributed by atoms with van der Waals surface area (Å²) in [6, 6.07) is 49.9. The summed E-state index contributed by atoms with van der Waals surface area (Å²) in [6.07, 6.45) is 2.77. The third-order valence-corrected chi connectivity index (χ3v) is 11.5. The molecule has 0 spiro atoms. The molecule has 0 saturated carbocycles. The lowest BCUT2D eigenvalue weighted by Crippen LogP contribution is -2.18. The van der Waals surface area contributed by atoms with Crippen molar-refractivity contribution in [2.24, 2.45) is 5.41 Å². The molecule has 0 bridgehead atoms. The minimum atomic E-state index is -0.257. The largest absolute Gasteiger partial charge is 0.507 e. The monoisotopic (exact) mass is 776 g/mol. The van der Waals surface area contributed by atoms with Crippen LogP contribution in [0, 0.1) is 5.41 Å². The lowest BCUT2D eigenvalue weighted by molar-refractivity contribution is 0.411. The highest BCUT2D eigenvalue weighted by molar-refractivity contribution is 5.82. The Morgan fingerprint density at radius 2 is 1.00 bits per heavy atom. The fourth-order valence-corrected chi connectivity index (χ4v) is 8.01. The molecular formula is C56H60N2O. The van der Waals surface area contributed by atoms with Gasteiger partial charge in [0.05, 0.1) is 17.1 Å². The first-order valence-electron chi connectivity index (χ1n) is 21.0. The number of hydrogen-bond donors (Lipinski definition) is 1. The quantitative estimate of drug-likeness (QED) is 0.167. The van der Waals surface area contributed by atoms with Gasteiger partial charge in [-0.3, -0.25) is 4.98 Å². The SMILES string of the molecule is CC(C)(C)Cc1cc(-c2cc(-c3ccccc3)cc(-c3cc(-c4ccc(C(C)(C)c5ccccc5)cc4)ccn3)c2)nc(-c2cc(C(C)(C)C)cc(C(C)(C)C)c2O)c1. The molecule has 0 aliphatic carbocycles. The molecule has 7 rings (SSSR count). The molecule has 0 amide bonds. The molecule has 59 heavy (non-hydrogen) atoms. The van der Waals surface area contributed by atoms with Gasteiger partial charge in [0.2, 0.25) is 0 Å². The van der Waals surface area contributed by atoms with E-state index in [4.69, 9.17) is 9.97 Å². The van der Waals surface area contributed by atoms with Crippen LogP contribution < -0.4 is 0 Å². The third-order valence-electron chi connectivity index (χ3n) is 11.5. The second-order valence-electron chi connectivity index (χ2n) is 20.1. The van der Waals surface area contributed by atoms with E-state index in [0.29, 0.717) is 5.75 Å². The topological polar surface area (TPSA) is 46.0 Å². The zero-order chi connectivity index (χ0) is 42.3. The Kier molecular flexibility index (Phi) is 11.0. The van der Waals surface area contributed by atoms with Gasteiger partial charge in [-0.05, 0) is 116 Å². The van der Waals surface area contributed by atoms with Gasteiger partial charge in [-0.1, -0.05) is 167 Å². The number of benzene rings is 5. The zero-order valence-electron chi connectivity index (χ0n) is 36.9. The maximum Gasteiger partial charge on any atom is 0.128 e. The summed E-state index contributed by atoms with van der Waals surface area (Å²) in [6.45, 7) is 24.5. The average molecular weight is 777 g/mol. The summed E-state index contributed by atoms with van der Waals surface area (Å²) in [5.41, 5.74) is 15.2. The van der Waals surface area contributed by atoms with Crippen LogP contribution >= 0.6 is 0 Å². The Hall–Kier alpha value is -5.80. The Bertz CT molecular complexity index is 2580. The number of nitrogens with zero attached hydrogens (tertiary/aromatic N) is 2. The highest BCUT2D eigenvalue weighted by Gasteiger charge is 2.27. The van der Waals surface area contributed by atoms with Gasteiger partial charge in [-0.2, -0.15) is 0 Å². The van der Waals surface area contributed by atoms with Crippen LogP contribution in [0.25, 0.3) is 56.0 Å². The van der Waals surface area contributed by atoms with Crippen LogP contribution in [0.2, 0.25) is 0 Å². The highest BCUT2D eigenvalue weighted by Crippen LogP contribution is 2.43. The number of aromatic nitrogens is 2. The first-order valence-corrected chi connectivity index (χ1v) is 21.0. The van der Waals surface area contributed by atoms with Crippen molar-refractivity contribution in [3.05, 3.63) is 174 Å². The van der Waals surface area contributed by atoms with E-state index in [-0.39, 0.29) is 21.7 Å². The summed E-state index contributed by atoms with van der Waals surface area (Å²) < 4.78 is 0. The first-order chi connectivity index (χ1) is 27.8. The molecule has 0 fully saturated rings. The molecule has 0 unspecified atom stereocenters.